The molecule has 1 aromatic rings. The molecule has 0 radical (unpaired) electrons. The summed E-state index contributed by atoms with van der Waals surface area (Å²) in [5, 5.41) is 0. The molecule has 0 spiro atoms. The standard InChI is InChI=1S/C21H29NO2/c1-16(23)20-9-8-19(14-21(20)24-2)18-10-12-22(13-11-18)15-17-6-4-3-5-7-17/h3-9,18-21H,10-15H2,1-2H3. The third-order valence-corrected chi connectivity index (χ3v) is 5.73. The lowest BCUT2D eigenvalue weighted by Crippen LogP contribution is -2.39. The summed E-state index contributed by atoms with van der Waals surface area (Å²) in [6, 6.07) is 10.7. The highest BCUT2D eigenvalue weighted by atomic mass is 16.5. The van der Waals surface area contributed by atoms with Crippen LogP contribution in [0.4, 0.5) is 0 Å². The first-order chi connectivity index (χ1) is 11.7. The maximum absolute atomic E-state index is 11.7. The summed E-state index contributed by atoms with van der Waals surface area (Å²) in [5.74, 6) is 1.45. The maximum atomic E-state index is 11.7. The largest absolute Gasteiger partial charge is 0.380 e. The number of allylic oxidation sites excluding steroid dienone is 1. The van der Waals surface area contributed by atoms with Gasteiger partial charge in [0.15, 0.2) is 0 Å². The van der Waals surface area contributed by atoms with Gasteiger partial charge >= 0.3 is 0 Å². The van der Waals surface area contributed by atoms with Crippen LogP contribution >= 0.6 is 0 Å². The Morgan fingerprint density at radius 3 is 2.50 bits per heavy atom. The van der Waals surface area contributed by atoms with E-state index >= 15 is 0 Å². The van der Waals surface area contributed by atoms with Crippen LogP contribution in [0.25, 0.3) is 0 Å². The molecule has 3 atom stereocenters. The number of methoxy groups -OCH3 is 1. The zero-order valence-corrected chi connectivity index (χ0v) is 14.9. The Morgan fingerprint density at radius 1 is 1.17 bits per heavy atom. The van der Waals surface area contributed by atoms with Crippen LogP contribution in [-0.4, -0.2) is 37.0 Å². The number of benzene rings is 1. The molecule has 3 heteroatoms. The smallest absolute Gasteiger partial charge is 0.139 e. The highest BCUT2D eigenvalue weighted by Crippen LogP contribution is 2.35. The molecule has 24 heavy (non-hydrogen) atoms. The average molecular weight is 327 g/mol. The van der Waals surface area contributed by atoms with E-state index in [0.717, 1.165) is 32.0 Å². The van der Waals surface area contributed by atoms with Crippen molar-refractivity contribution in [1.82, 2.24) is 4.90 Å². The number of carbonyl (C=O) groups is 1. The van der Waals surface area contributed by atoms with Crippen LogP contribution in [0.15, 0.2) is 42.5 Å². The monoisotopic (exact) mass is 327 g/mol. The number of hydrogen-bond acceptors (Lipinski definition) is 3. The summed E-state index contributed by atoms with van der Waals surface area (Å²) >= 11 is 0. The fraction of sp³-hybridized carbons (Fsp3) is 0.571. The summed E-state index contributed by atoms with van der Waals surface area (Å²) < 4.78 is 5.60. The molecule has 0 saturated carbocycles. The Labute approximate surface area is 145 Å². The lowest BCUT2D eigenvalue weighted by atomic mass is 9.75. The van der Waals surface area contributed by atoms with Crippen LogP contribution in [0, 0.1) is 17.8 Å². The molecule has 3 nitrogen and oxygen atoms in total. The van der Waals surface area contributed by atoms with E-state index in [1.165, 1.54) is 18.4 Å². The second-order valence-electron chi connectivity index (χ2n) is 7.29. The van der Waals surface area contributed by atoms with Gasteiger partial charge in [0, 0.05) is 13.7 Å². The second-order valence-corrected chi connectivity index (χ2v) is 7.29. The summed E-state index contributed by atoms with van der Waals surface area (Å²) in [5.41, 5.74) is 1.40. The minimum atomic E-state index is -0.0515. The van der Waals surface area contributed by atoms with Gasteiger partial charge in [0.25, 0.3) is 0 Å². The first-order valence-corrected chi connectivity index (χ1v) is 9.15. The Kier molecular flexibility index (Phi) is 5.85. The van der Waals surface area contributed by atoms with Gasteiger partial charge in [0.05, 0.1) is 12.0 Å². The summed E-state index contributed by atoms with van der Waals surface area (Å²) in [6.45, 7) is 5.06. The minimum Gasteiger partial charge on any atom is -0.380 e. The van der Waals surface area contributed by atoms with E-state index in [-0.39, 0.29) is 17.8 Å². The summed E-state index contributed by atoms with van der Waals surface area (Å²) in [4.78, 5) is 14.3. The normalized spacial score (nSPS) is 28.8. The van der Waals surface area contributed by atoms with Gasteiger partial charge in [0.1, 0.15) is 5.78 Å². The number of nitrogens with zero attached hydrogens (tertiary/aromatic N) is 1. The van der Waals surface area contributed by atoms with E-state index in [1.54, 1.807) is 14.0 Å². The van der Waals surface area contributed by atoms with Crippen LogP contribution in [0.5, 0.6) is 0 Å². The van der Waals surface area contributed by atoms with Crippen molar-refractivity contribution in [3.05, 3.63) is 48.0 Å². The van der Waals surface area contributed by atoms with Gasteiger partial charge in [0.2, 0.25) is 0 Å². The Hall–Kier alpha value is -1.45. The van der Waals surface area contributed by atoms with Gasteiger partial charge in [-0.05, 0) is 56.7 Å². The van der Waals surface area contributed by atoms with Crippen molar-refractivity contribution in [1.29, 1.82) is 0 Å². The third kappa shape index (κ3) is 4.14. The minimum absolute atomic E-state index is 0.0515. The van der Waals surface area contributed by atoms with E-state index in [1.807, 2.05) is 0 Å². The summed E-state index contributed by atoms with van der Waals surface area (Å²) in [6.07, 6.45) is 7.91. The molecular weight excluding hydrogens is 298 g/mol. The average Bonchev–Trinajstić information content (AvgIpc) is 2.62. The number of ether oxygens (including phenoxy) is 1. The first-order valence-electron chi connectivity index (χ1n) is 9.15. The van der Waals surface area contributed by atoms with Crippen molar-refractivity contribution >= 4 is 5.78 Å². The van der Waals surface area contributed by atoms with Crippen molar-refractivity contribution in [3.8, 4) is 0 Å². The second kappa shape index (κ2) is 8.09. The number of hydrogen-bond donors (Lipinski definition) is 0. The predicted octanol–water partition coefficient (Wildman–Crippen LogP) is 3.69. The van der Waals surface area contributed by atoms with E-state index < -0.39 is 0 Å². The van der Waals surface area contributed by atoms with Crippen molar-refractivity contribution < 1.29 is 9.53 Å². The van der Waals surface area contributed by atoms with E-state index in [0.29, 0.717) is 5.92 Å². The number of likely N-dealkylation sites (tertiary alicyclic amines) is 1. The fourth-order valence-corrected chi connectivity index (χ4v) is 4.25. The molecule has 130 valence electrons. The molecule has 1 heterocycles. The van der Waals surface area contributed by atoms with Gasteiger partial charge < -0.3 is 4.74 Å². The van der Waals surface area contributed by atoms with Crippen LogP contribution in [-0.2, 0) is 16.1 Å². The molecule has 1 aromatic carbocycles. The lowest BCUT2D eigenvalue weighted by molar-refractivity contribution is -0.123. The van der Waals surface area contributed by atoms with Crippen molar-refractivity contribution in [2.75, 3.05) is 20.2 Å². The molecule has 2 aliphatic rings. The maximum Gasteiger partial charge on any atom is 0.139 e. The van der Waals surface area contributed by atoms with E-state index in [9.17, 15) is 4.79 Å². The zero-order chi connectivity index (χ0) is 16.9. The summed E-state index contributed by atoms with van der Waals surface area (Å²) in [7, 11) is 1.74. The molecule has 1 fully saturated rings. The predicted molar refractivity (Wildman–Crippen MR) is 96.7 cm³/mol. The number of carbonyl (C=O) groups excluding carboxylic acids is 1. The van der Waals surface area contributed by atoms with E-state index in [4.69, 9.17) is 4.74 Å². The van der Waals surface area contributed by atoms with Crippen molar-refractivity contribution in [2.45, 2.75) is 38.8 Å². The SMILES string of the molecule is COC1CC(C2CCN(Cc3ccccc3)CC2)C=CC1C(C)=O. The third-order valence-electron chi connectivity index (χ3n) is 5.73. The lowest BCUT2D eigenvalue weighted by Gasteiger charge is -2.38. The van der Waals surface area contributed by atoms with Crippen LogP contribution < -0.4 is 0 Å². The van der Waals surface area contributed by atoms with Gasteiger partial charge in [-0.15, -0.1) is 0 Å². The highest BCUT2D eigenvalue weighted by Gasteiger charge is 2.34. The molecule has 0 amide bonds. The van der Waals surface area contributed by atoms with Crippen LogP contribution in [0.3, 0.4) is 0 Å². The molecule has 3 unspecified atom stereocenters. The molecule has 1 aliphatic heterocycles. The molecule has 3 rings (SSSR count). The van der Waals surface area contributed by atoms with Crippen molar-refractivity contribution in [3.63, 3.8) is 0 Å². The molecule has 0 aromatic heterocycles. The van der Waals surface area contributed by atoms with Crippen LogP contribution in [0.1, 0.15) is 31.7 Å². The number of ketones is 1. The first kappa shape index (κ1) is 17.4. The van der Waals surface area contributed by atoms with Gasteiger partial charge in [-0.2, -0.15) is 0 Å². The fourth-order valence-electron chi connectivity index (χ4n) is 4.25. The number of piperidine rings is 1. The number of Topliss-reactive ketones (excluding diaryl/α,β-unsaturated/α-hetero) is 1. The quantitative estimate of drug-likeness (QED) is 0.773. The van der Waals surface area contributed by atoms with Gasteiger partial charge in [-0.1, -0.05) is 42.5 Å². The molecule has 0 N–H and O–H groups in total. The van der Waals surface area contributed by atoms with Crippen molar-refractivity contribution in [2.24, 2.45) is 17.8 Å². The van der Waals surface area contributed by atoms with Crippen LogP contribution in [0.2, 0.25) is 0 Å². The molecule has 0 bridgehead atoms. The Bertz CT molecular complexity index is 560. The number of rotatable bonds is 5. The molecular formula is C21H29NO2. The van der Waals surface area contributed by atoms with Gasteiger partial charge in [-0.25, -0.2) is 0 Å². The Morgan fingerprint density at radius 2 is 1.88 bits per heavy atom. The molecule has 1 aliphatic carbocycles. The Balaban J connectivity index is 1.53. The van der Waals surface area contributed by atoms with E-state index in [2.05, 4.69) is 47.4 Å². The zero-order valence-electron chi connectivity index (χ0n) is 14.9. The molecule has 1 saturated heterocycles. The topological polar surface area (TPSA) is 29.5 Å². The van der Waals surface area contributed by atoms with Gasteiger partial charge in [-0.3, -0.25) is 9.69 Å². The highest BCUT2D eigenvalue weighted by molar-refractivity contribution is 5.80.